The van der Waals surface area contributed by atoms with Gasteiger partial charge in [-0.2, -0.15) is 5.10 Å². The van der Waals surface area contributed by atoms with E-state index in [-0.39, 0.29) is 0 Å². The molecule has 0 bridgehead atoms. The molecule has 1 aliphatic carbocycles. The van der Waals surface area contributed by atoms with Gasteiger partial charge in [0.1, 0.15) is 10.8 Å². The van der Waals surface area contributed by atoms with Gasteiger partial charge >= 0.3 is 0 Å². The summed E-state index contributed by atoms with van der Waals surface area (Å²) in [4.78, 5) is 0. The maximum Gasteiger partial charge on any atom is 0.140 e. The van der Waals surface area contributed by atoms with E-state index in [1.807, 2.05) is 11.6 Å². The highest BCUT2D eigenvalue weighted by Crippen LogP contribution is 2.28. The molecule has 1 aromatic rings. The van der Waals surface area contributed by atoms with Crippen LogP contribution in [0.2, 0.25) is 5.02 Å². The van der Waals surface area contributed by atoms with Gasteiger partial charge in [-0.25, -0.2) is 4.68 Å². The van der Waals surface area contributed by atoms with Crippen molar-refractivity contribution in [3.63, 3.8) is 0 Å². The standard InChI is InChI=1S/C12H20ClN3/c1-9-11(13)12(14)16(15-9)8-7-10-5-3-2-4-6-10/h10H,2-8,14H2,1H3. The molecule has 1 aliphatic rings. The lowest BCUT2D eigenvalue weighted by Gasteiger charge is -2.21. The predicted octanol–water partition coefficient (Wildman–Crippen LogP) is 3.40. The van der Waals surface area contributed by atoms with Crippen LogP contribution in [0.1, 0.15) is 44.2 Å². The highest BCUT2D eigenvalue weighted by atomic mass is 35.5. The van der Waals surface area contributed by atoms with Crippen LogP contribution < -0.4 is 5.73 Å². The summed E-state index contributed by atoms with van der Waals surface area (Å²) in [5.74, 6) is 1.48. The Morgan fingerprint density at radius 2 is 2.06 bits per heavy atom. The zero-order valence-electron chi connectivity index (χ0n) is 9.88. The van der Waals surface area contributed by atoms with E-state index in [4.69, 9.17) is 17.3 Å². The van der Waals surface area contributed by atoms with Crippen molar-refractivity contribution >= 4 is 17.4 Å². The Balaban J connectivity index is 1.91. The smallest absolute Gasteiger partial charge is 0.140 e. The minimum atomic E-state index is 0.614. The van der Waals surface area contributed by atoms with Gasteiger partial charge in [-0.1, -0.05) is 43.7 Å². The molecule has 4 heteroatoms. The molecule has 1 aromatic heterocycles. The molecule has 0 spiro atoms. The molecule has 0 amide bonds. The van der Waals surface area contributed by atoms with E-state index in [2.05, 4.69) is 5.10 Å². The molecule has 2 rings (SSSR count). The van der Waals surface area contributed by atoms with Gasteiger partial charge in [0, 0.05) is 6.54 Å². The molecule has 0 aromatic carbocycles. The minimum Gasteiger partial charge on any atom is -0.383 e. The predicted molar refractivity (Wildman–Crippen MR) is 67.6 cm³/mol. The van der Waals surface area contributed by atoms with Gasteiger partial charge < -0.3 is 5.73 Å². The van der Waals surface area contributed by atoms with Gasteiger partial charge in [-0.15, -0.1) is 0 Å². The van der Waals surface area contributed by atoms with Crippen LogP contribution in [0, 0.1) is 12.8 Å². The average molecular weight is 242 g/mol. The molecule has 0 aliphatic heterocycles. The third kappa shape index (κ3) is 2.51. The van der Waals surface area contributed by atoms with Gasteiger partial charge in [0.25, 0.3) is 0 Å². The van der Waals surface area contributed by atoms with E-state index in [1.165, 1.54) is 38.5 Å². The fourth-order valence-corrected chi connectivity index (χ4v) is 2.66. The first-order chi connectivity index (χ1) is 7.68. The molecular formula is C12H20ClN3. The highest BCUT2D eigenvalue weighted by Gasteiger charge is 2.15. The van der Waals surface area contributed by atoms with E-state index in [1.54, 1.807) is 0 Å². The van der Waals surface area contributed by atoms with Crippen molar-refractivity contribution in [1.82, 2.24) is 9.78 Å². The Labute approximate surface area is 102 Å². The van der Waals surface area contributed by atoms with Crippen LogP contribution in [0.25, 0.3) is 0 Å². The molecule has 0 unspecified atom stereocenters. The quantitative estimate of drug-likeness (QED) is 0.882. The molecule has 3 nitrogen and oxygen atoms in total. The van der Waals surface area contributed by atoms with E-state index in [0.29, 0.717) is 10.8 Å². The summed E-state index contributed by atoms with van der Waals surface area (Å²) >= 11 is 6.01. The molecule has 1 saturated carbocycles. The number of hydrogen-bond donors (Lipinski definition) is 1. The lowest BCUT2D eigenvalue weighted by Crippen LogP contribution is -2.12. The topological polar surface area (TPSA) is 43.8 Å². The van der Waals surface area contributed by atoms with Crippen molar-refractivity contribution in [3.05, 3.63) is 10.7 Å². The summed E-state index contributed by atoms with van der Waals surface area (Å²) in [5, 5.41) is 4.97. The van der Waals surface area contributed by atoms with Crippen LogP contribution in [0.5, 0.6) is 0 Å². The van der Waals surface area contributed by atoms with E-state index < -0.39 is 0 Å². The zero-order chi connectivity index (χ0) is 11.5. The lowest BCUT2D eigenvalue weighted by atomic mass is 9.87. The van der Waals surface area contributed by atoms with Crippen LogP contribution in [-0.4, -0.2) is 9.78 Å². The van der Waals surface area contributed by atoms with Crippen molar-refractivity contribution < 1.29 is 0 Å². The molecular weight excluding hydrogens is 222 g/mol. The van der Waals surface area contributed by atoms with Crippen LogP contribution in [0.4, 0.5) is 5.82 Å². The summed E-state index contributed by atoms with van der Waals surface area (Å²) < 4.78 is 1.85. The summed E-state index contributed by atoms with van der Waals surface area (Å²) in [7, 11) is 0. The highest BCUT2D eigenvalue weighted by molar-refractivity contribution is 6.33. The summed E-state index contributed by atoms with van der Waals surface area (Å²) in [6.07, 6.45) is 8.10. The normalized spacial score (nSPS) is 17.9. The number of hydrogen-bond acceptors (Lipinski definition) is 2. The molecule has 0 atom stereocenters. The number of anilines is 1. The molecule has 1 heterocycles. The Hall–Kier alpha value is -0.700. The second kappa shape index (κ2) is 5.09. The zero-order valence-corrected chi connectivity index (χ0v) is 10.6. The Bertz CT molecular complexity index is 353. The number of aromatic nitrogens is 2. The molecule has 1 fully saturated rings. The molecule has 0 radical (unpaired) electrons. The molecule has 90 valence electrons. The van der Waals surface area contributed by atoms with E-state index >= 15 is 0 Å². The number of nitrogens with zero attached hydrogens (tertiary/aromatic N) is 2. The van der Waals surface area contributed by atoms with Crippen LogP contribution in [0.15, 0.2) is 0 Å². The van der Waals surface area contributed by atoms with Crippen molar-refractivity contribution in [2.75, 3.05) is 5.73 Å². The summed E-state index contributed by atoms with van der Waals surface area (Å²) in [5.41, 5.74) is 6.72. The number of rotatable bonds is 3. The van der Waals surface area contributed by atoms with E-state index in [0.717, 1.165) is 18.2 Å². The molecule has 2 N–H and O–H groups in total. The third-order valence-electron chi connectivity index (χ3n) is 3.57. The van der Waals surface area contributed by atoms with Crippen LogP contribution in [0.3, 0.4) is 0 Å². The first kappa shape index (κ1) is 11.8. The molecule has 16 heavy (non-hydrogen) atoms. The number of aryl methyl sites for hydroxylation is 2. The third-order valence-corrected chi connectivity index (χ3v) is 4.03. The SMILES string of the molecule is Cc1nn(CCC2CCCCC2)c(N)c1Cl. The number of nitrogen functional groups attached to an aromatic ring is 1. The van der Waals surface area contributed by atoms with E-state index in [9.17, 15) is 0 Å². The number of halogens is 1. The first-order valence-electron chi connectivity index (χ1n) is 6.17. The molecule has 0 saturated heterocycles. The summed E-state index contributed by atoms with van der Waals surface area (Å²) in [6, 6.07) is 0. The largest absolute Gasteiger partial charge is 0.383 e. The van der Waals surface area contributed by atoms with Crippen LogP contribution in [-0.2, 0) is 6.54 Å². The second-order valence-electron chi connectivity index (χ2n) is 4.80. The first-order valence-corrected chi connectivity index (χ1v) is 6.54. The lowest BCUT2D eigenvalue weighted by molar-refractivity contribution is 0.319. The Morgan fingerprint density at radius 3 is 2.62 bits per heavy atom. The van der Waals surface area contributed by atoms with Crippen molar-refractivity contribution in [1.29, 1.82) is 0 Å². The Kier molecular flexibility index (Phi) is 3.74. The van der Waals surface area contributed by atoms with Gasteiger partial charge in [0.05, 0.1) is 5.69 Å². The summed E-state index contributed by atoms with van der Waals surface area (Å²) in [6.45, 7) is 2.81. The van der Waals surface area contributed by atoms with Gasteiger partial charge in [-0.05, 0) is 19.3 Å². The minimum absolute atomic E-state index is 0.614. The Morgan fingerprint density at radius 1 is 1.38 bits per heavy atom. The average Bonchev–Trinajstić information content (AvgIpc) is 2.56. The van der Waals surface area contributed by atoms with Gasteiger partial charge in [-0.3, -0.25) is 0 Å². The maximum absolute atomic E-state index is 6.01. The van der Waals surface area contributed by atoms with Crippen molar-refractivity contribution in [2.45, 2.75) is 52.0 Å². The second-order valence-corrected chi connectivity index (χ2v) is 5.18. The van der Waals surface area contributed by atoms with Crippen molar-refractivity contribution in [3.8, 4) is 0 Å². The van der Waals surface area contributed by atoms with Crippen LogP contribution >= 0.6 is 11.6 Å². The fraction of sp³-hybridized carbons (Fsp3) is 0.750. The fourth-order valence-electron chi connectivity index (χ4n) is 2.53. The monoisotopic (exact) mass is 241 g/mol. The van der Waals surface area contributed by atoms with Gasteiger partial charge in [0.15, 0.2) is 0 Å². The van der Waals surface area contributed by atoms with Gasteiger partial charge in [0.2, 0.25) is 0 Å². The number of nitrogens with two attached hydrogens (primary N) is 1. The maximum atomic E-state index is 6.01. The van der Waals surface area contributed by atoms with Crippen molar-refractivity contribution in [2.24, 2.45) is 5.92 Å².